The van der Waals surface area contributed by atoms with E-state index in [2.05, 4.69) is 39.1 Å². The molecule has 2 heterocycles. The van der Waals surface area contributed by atoms with Crippen molar-refractivity contribution < 1.29 is 10.2 Å². The van der Waals surface area contributed by atoms with Crippen molar-refractivity contribution in [2.24, 2.45) is 0 Å². The number of aromatic nitrogens is 2. The van der Waals surface area contributed by atoms with Gasteiger partial charge in [0.25, 0.3) is 0 Å². The number of hydrogen-bond donors (Lipinski definition) is 2. The molecule has 2 aromatic heterocycles. The monoisotopic (exact) mass is 380 g/mol. The molecule has 0 aromatic carbocycles. The van der Waals surface area contributed by atoms with E-state index in [0.717, 1.165) is 10.0 Å². The molecular weight excluding hydrogens is 356 g/mol. The van der Waals surface area contributed by atoms with Gasteiger partial charge in [-0.25, -0.2) is 0 Å². The molecule has 0 saturated carbocycles. The number of allylic oxidation sites excluding steroid dienone is 1. The maximum Gasteiger partial charge on any atom is 0.0853 e. The highest BCUT2D eigenvalue weighted by Gasteiger charge is 1.90. The molecule has 0 fully saturated rings. The molecule has 0 atom stereocenters. The van der Waals surface area contributed by atoms with Gasteiger partial charge in [-0.05, 0) is 36.8 Å². The molecule has 126 valence electrons. The molecule has 5 heteroatoms. The van der Waals surface area contributed by atoms with Crippen LogP contribution in [0.15, 0.2) is 60.4 Å². The Hall–Kier alpha value is -1.82. The van der Waals surface area contributed by atoms with Crippen molar-refractivity contribution in [2.75, 3.05) is 0 Å². The molecule has 2 N–H and O–H groups in total. The fourth-order valence-corrected chi connectivity index (χ4v) is 1.63. The van der Waals surface area contributed by atoms with E-state index in [1.807, 2.05) is 19.1 Å². The van der Waals surface area contributed by atoms with Crippen molar-refractivity contribution in [1.82, 2.24) is 9.97 Å². The Kier molecular flexibility index (Phi) is 15.4. The molecule has 0 radical (unpaired) electrons. The molecule has 0 aliphatic carbocycles. The minimum Gasteiger partial charge on any atom is -0.390 e. The molecule has 0 aliphatic rings. The van der Waals surface area contributed by atoms with E-state index in [1.54, 1.807) is 36.7 Å². The van der Waals surface area contributed by atoms with Crippen LogP contribution in [0.3, 0.4) is 0 Å². The van der Waals surface area contributed by atoms with Crippen LogP contribution in [-0.4, -0.2) is 20.2 Å². The lowest BCUT2D eigenvalue weighted by Crippen LogP contribution is -1.87. The Labute approximate surface area is 147 Å². The van der Waals surface area contributed by atoms with Crippen molar-refractivity contribution >= 4 is 22.0 Å². The zero-order valence-electron chi connectivity index (χ0n) is 12.6. The lowest BCUT2D eigenvalue weighted by atomic mass is 10.2. The molecule has 2 aromatic rings. The van der Waals surface area contributed by atoms with Crippen LogP contribution in [0.4, 0.5) is 0 Å². The molecule has 0 spiro atoms. The van der Waals surface area contributed by atoms with Gasteiger partial charge < -0.3 is 10.2 Å². The molecule has 0 aliphatic heterocycles. The SMILES string of the molecule is C.C=CC.C=Cc1ccnc(CO)c1.OCc1cc(Br)ccn1. The van der Waals surface area contributed by atoms with Crippen molar-refractivity contribution in [3.05, 3.63) is 77.3 Å². The molecule has 0 unspecified atom stereocenters. The van der Waals surface area contributed by atoms with Gasteiger partial charge in [0, 0.05) is 16.9 Å². The number of hydrogen-bond acceptors (Lipinski definition) is 4. The summed E-state index contributed by atoms with van der Waals surface area (Å²) in [4.78, 5) is 7.79. The van der Waals surface area contributed by atoms with Crippen molar-refractivity contribution in [3.8, 4) is 0 Å². The van der Waals surface area contributed by atoms with E-state index in [0.29, 0.717) is 11.4 Å². The number of aliphatic hydroxyl groups excluding tert-OH is 2. The molecule has 2 rings (SSSR count). The highest BCUT2D eigenvalue weighted by Crippen LogP contribution is 2.08. The van der Waals surface area contributed by atoms with Crippen molar-refractivity contribution in [3.63, 3.8) is 0 Å². The van der Waals surface area contributed by atoms with Crippen molar-refractivity contribution in [2.45, 2.75) is 27.6 Å². The van der Waals surface area contributed by atoms with Gasteiger partial charge in [0.05, 0.1) is 24.6 Å². The van der Waals surface area contributed by atoms with Gasteiger partial charge in [-0.1, -0.05) is 42.1 Å². The fourth-order valence-electron chi connectivity index (χ4n) is 1.25. The summed E-state index contributed by atoms with van der Waals surface area (Å²) in [7, 11) is 0. The number of halogens is 1. The smallest absolute Gasteiger partial charge is 0.0853 e. The van der Waals surface area contributed by atoms with Crippen LogP contribution in [0.25, 0.3) is 6.08 Å². The highest BCUT2D eigenvalue weighted by atomic mass is 79.9. The summed E-state index contributed by atoms with van der Waals surface area (Å²) in [6.45, 7) is 8.83. The predicted octanol–water partition coefficient (Wildman–Crippen LogP) is 4.38. The molecule has 23 heavy (non-hydrogen) atoms. The van der Waals surface area contributed by atoms with Gasteiger partial charge in [-0.15, -0.1) is 6.58 Å². The van der Waals surface area contributed by atoms with Crippen molar-refractivity contribution in [1.29, 1.82) is 0 Å². The minimum atomic E-state index is -0.0122. The Morgan fingerprint density at radius 1 is 1.04 bits per heavy atom. The third kappa shape index (κ3) is 11.4. The summed E-state index contributed by atoms with van der Waals surface area (Å²) >= 11 is 3.25. The third-order valence-corrected chi connectivity index (χ3v) is 2.67. The van der Waals surface area contributed by atoms with E-state index in [9.17, 15) is 0 Å². The second-order valence-electron chi connectivity index (χ2n) is 3.97. The van der Waals surface area contributed by atoms with E-state index in [4.69, 9.17) is 10.2 Å². The second kappa shape index (κ2) is 15.1. The fraction of sp³-hybridized carbons (Fsp3) is 0.222. The van der Waals surface area contributed by atoms with Gasteiger partial charge >= 0.3 is 0 Å². The first-order valence-corrected chi connectivity index (χ1v) is 7.37. The Bertz CT molecular complexity index is 574. The number of aliphatic hydroxyl groups is 2. The van der Waals surface area contributed by atoms with Crippen LogP contribution < -0.4 is 0 Å². The van der Waals surface area contributed by atoms with Crippen LogP contribution in [0.5, 0.6) is 0 Å². The molecule has 0 amide bonds. The maximum atomic E-state index is 8.66. The zero-order chi connectivity index (χ0) is 16.8. The summed E-state index contributed by atoms with van der Waals surface area (Å²) in [6.07, 6.45) is 6.78. The summed E-state index contributed by atoms with van der Waals surface area (Å²) in [5.41, 5.74) is 2.35. The van der Waals surface area contributed by atoms with Gasteiger partial charge in [0.1, 0.15) is 0 Å². The van der Waals surface area contributed by atoms with Crippen LogP contribution in [-0.2, 0) is 13.2 Å². The second-order valence-corrected chi connectivity index (χ2v) is 4.89. The molecule has 0 saturated heterocycles. The topological polar surface area (TPSA) is 66.2 Å². The maximum absolute atomic E-state index is 8.66. The van der Waals surface area contributed by atoms with E-state index >= 15 is 0 Å². The van der Waals surface area contributed by atoms with Gasteiger partial charge in [0.2, 0.25) is 0 Å². The number of rotatable bonds is 3. The average molecular weight is 381 g/mol. The quantitative estimate of drug-likeness (QED) is 0.775. The average Bonchev–Trinajstić information content (AvgIpc) is 2.56. The Morgan fingerprint density at radius 2 is 1.52 bits per heavy atom. The zero-order valence-corrected chi connectivity index (χ0v) is 14.2. The Morgan fingerprint density at radius 3 is 1.91 bits per heavy atom. The third-order valence-electron chi connectivity index (χ3n) is 2.18. The first kappa shape index (κ1) is 23.4. The van der Waals surface area contributed by atoms with Crippen LogP contribution >= 0.6 is 15.9 Å². The van der Waals surface area contributed by atoms with Crippen LogP contribution in [0, 0.1) is 0 Å². The van der Waals surface area contributed by atoms with E-state index in [-0.39, 0.29) is 20.6 Å². The largest absolute Gasteiger partial charge is 0.390 e. The van der Waals surface area contributed by atoms with Gasteiger partial charge in [-0.3, -0.25) is 9.97 Å². The summed E-state index contributed by atoms with van der Waals surface area (Å²) in [5, 5.41) is 17.2. The van der Waals surface area contributed by atoms with Gasteiger partial charge in [-0.2, -0.15) is 0 Å². The van der Waals surface area contributed by atoms with Crippen LogP contribution in [0.1, 0.15) is 31.3 Å². The minimum absolute atomic E-state index is 0. The van der Waals surface area contributed by atoms with Gasteiger partial charge in [0.15, 0.2) is 0 Å². The predicted molar refractivity (Wildman–Crippen MR) is 101 cm³/mol. The molecule has 4 nitrogen and oxygen atoms in total. The number of pyridine rings is 2. The molecule has 0 bridgehead atoms. The van der Waals surface area contributed by atoms with E-state index < -0.39 is 0 Å². The summed E-state index contributed by atoms with van der Waals surface area (Å²) in [5.74, 6) is 0. The summed E-state index contributed by atoms with van der Waals surface area (Å²) in [6, 6.07) is 7.23. The lowest BCUT2D eigenvalue weighted by Gasteiger charge is -1.94. The van der Waals surface area contributed by atoms with E-state index in [1.165, 1.54) is 0 Å². The van der Waals surface area contributed by atoms with Crippen LogP contribution in [0.2, 0.25) is 0 Å². The molecular formula is C18H25BrN2O2. The number of nitrogens with zero attached hydrogens (tertiary/aromatic N) is 2. The first-order chi connectivity index (χ1) is 10.6. The highest BCUT2D eigenvalue weighted by molar-refractivity contribution is 9.10. The Balaban J connectivity index is 0. The normalized spacial score (nSPS) is 8.35. The summed E-state index contributed by atoms with van der Waals surface area (Å²) < 4.78 is 0.946. The lowest BCUT2D eigenvalue weighted by molar-refractivity contribution is 0.276. The standard InChI is InChI=1S/C8H9NO.C6H6BrNO.C3H6.CH4/c1-2-7-3-4-9-8(5-7)6-10;7-5-1-2-8-6(3-5)4-9;1-3-2;/h2-5,10H,1,6H2;1-3,9H,4H2;3H,1H2,2H3;1H4. The first-order valence-electron chi connectivity index (χ1n) is 6.57.